The molecule has 0 atom stereocenters. The zero-order valence-electron chi connectivity index (χ0n) is 15.8. The Labute approximate surface area is 171 Å². The molecule has 3 nitrogen and oxygen atoms in total. The van der Waals surface area contributed by atoms with E-state index < -0.39 is 0 Å². The summed E-state index contributed by atoms with van der Waals surface area (Å²) in [6.07, 6.45) is 1.86. The first kappa shape index (κ1) is 16.5. The van der Waals surface area contributed by atoms with Gasteiger partial charge in [0.25, 0.3) is 0 Å². The molecule has 0 N–H and O–H groups in total. The molecule has 0 radical (unpaired) electrons. The Hall–Kier alpha value is -3.50. The molecular weight excluding hydrogens is 374 g/mol. The van der Waals surface area contributed by atoms with Gasteiger partial charge in [0.2, 0.25) is 0 Å². The number of thiophene rings is 1. The normalized spacial score (nSPS) is 11.6. The van der Waals surface area contributed by atoms with Crippen LogP contribution in [0.2, 0.25) is 0 Å². The first-order valence-corrected chi connectivity index (χ1v) is 10.4. The summed E-state index contributed by atoms with van der Waals surface area (Å²) in [6, 6.07) is 27.5. The lowest BCUT2D eigenvalue weighted by Crippen LogP contribution is -1.98. The molecule has 0 aliphatic rings. The second-order valence-electron chi connectivity index (χ2n) is 7.19. The van der Waals surface area contributed by atoms with Gasteiger partial charge in [0.15, 0.2) is 5.65 Å². The van der Waals surface area contributed by atoms with E-state index in [1.807, 2.05) is 29.7 Å². The molecule has 0 saturated heterocycles. The average molecular weight is 391 g/mol. The Bertz CT molecular complexity index is 1510. The third-order valence-corrected chi connectivity index (χ3v) is 6.63. The van der Waals surface area contributed by atoms with Crippen LogP contribution in [-0.4, -0.2) is 14.5 Å². The van der Waals surface area contributed by atoms with Crippen LogP contribution in [0.1, 0.15) is 5.56 Å². The highest BCUT2D eigenvalue weighted by atomic mass is 32.1. The summed E-state index contributed by atoms with van der Waals surface area (Å²) >= 11 is 1.83. The number of benzene rings is 3. The van der Waals surface area contributed by atoms with Crippen molar-refractivity contribution in [3.05, 3.63) is 90.6 Å². The van der Waals surface area contributed by atoms with Crippen LogP contribution in [0, 0.1) is 6.92 Å². The minimum absolute atomic E-state index is 0.893. The van der Waals surface area contributed by atoms with E-state index >= 15 is 0 Å². The maximum atomic E-state index is 5.09. The molecule has 3 aromatic heterocycles. The van der Waals surface area contributed by atoms with Crippen LogP contribution in [-0.2, 0) is 0 Å². The maximum Gasteiger partial charge on any atom is 0.165 e. The number of hydrogen-bond acceptors (Lipinski definition) is 3. The predicted octanol–water partition coefficient (Wildman–Crippen LogP) is 6.76. The highest BCUT2D eigenvalue weighted by Gasteiger charge is 2.19. The topological polar surface area (TPSA) is 30.7 Å². The van der Waals surface area contributed by atoms with Gasteiger partial charge in [-0.1, -0.05) is 48.5 Å². The van der Waals surface area contributed by atoms with Crippen molar-refractivity contribution in [2.24, 2.45) is 0 Å². The lowest BCUT2D eigenvalue weighted by Gasteiger charge is -2.09. The Morgan fingerprint density at radius 3 is 2.48 bits per heavy atom. The molecule has 29 heavy (non-hydrogen) atoms. The van der Waals surface area contributed by atoms with Crippen molar-refractivity contribution in [1.82, 2.24) is 14.5 Å². The maximum absolute atomic E-state index is 5.09. The van der Waals surface area contributed by atoms with E-state index in [9.17, 15) is 0 Å². The quantitative estimate of drug-likeness (QED) is 0.326. The van der Waals surface area contributed by atoms with Crippen molar-refractivity contribution < 1.29 is 0 Å². The smallest absolute Gasteiger partial charge is 0.165 e. The van der Waals surface area contributed by atoms with E-state index in [0.717, 1.165) is 33.8 Å². The van der Waals surface area contributed by atoms with E-state index in [2.05, 4.69) is 78.2 Å². The number of imidazole rings is 1. The van der Waals surface area contributed by atoms with E-state index in [-0.39, 0.29) is 0 Å². The van der Waals surface area contributed by atoms with Crippen LogP contribution in [0.5, 0.6) is 0 Å². The fraction of sp³-hybridized carbons (Fsp3) is 0.0400. The van der Waals surface area contributed by atoms with Crippen LogP contribution in [0.15, 0.2) is 85.1 Å². The summed E-state index contributed by atoms with van der Waals surface area (Å²) in [5, 5.41) is 2.57. The molecule has 0 aliphatic carbocycles. The Morgan fingerprint density at radius 2 is 1.59 bits per heavy atom. The molecule has 4 heteroatoms. The summed E-state index contributed by atoms with van der Waals surface area (Å²) in [4.78, 5) is 9.78. The fourth-order valence-corrected chi connectivity index (χ4v) is 5.23. The van der Waals surface area contributed by atoms with Crippen molar-refractivity contribution >= 4 is 42.7 Å². The molecule has 0 aliphatic heterocycles. The molecule has 0 spiro atoms. The highest BCUT2D eigenvalue weighted by molar-refractivity contribution is 7.26. The molecule has 0 fully saturated rings. The fourth-order valence-electron chi connectivity index (χ4n) is 4.02. The van der Waals surface area contributed by atoms with Crippen LogP contribution in [0.4, 0.5) is 0 Å². The monoisotopic (exact) mass is 391 g/mol. The molecule has 6 aromatic rings. The van der Waals surface area contributed by atoms with Crippen molar-refractivity contribution in [2.45, 2.75) is 6.92 Å². The van der Waals surface area contributed by atoms with Gasteiger partial charge in [0, 0.05) is 37.6 Å². The second-order valence-corrected chi connectivity index (χ2v) is 8.24. The van der Waals surface area contributed by atoms with Crippen molar-refractivity contribution in [2.75, 3.05) is 0 Å². The molecule has 3 heterocycles. The molecular formula is C25H17N3S. The largest absolute Gasteiger partial charge is 0.277 e. The van der Waals surface area contributed by atoms with E-state index in [1.165, 1.54) is 20.2 Å². The first-order chi connectivity index (χ1) is 14.3. The van der Waals surface area contributed by atoms with E-state index in [1.54, 1.807) is 0 Å². The number of aromatic nitrogens is 3. The Balaban J connectivity index is 1.76. The second kappa shape index (κ2) is 6.26. The molecule has 0 amide bonds. The van der Waals surface area contributed by atoms with Crippen molar-refractivity contribution in [3.8, 4) is 17.1 Å². The highest BCUT2D eigenvalue weighted by Crippen LogP contribution is 2.40. The van der Waals surface area contributed by atoms with Crippen molar-refractivity contribution in [3.63, 3.8) is 0 Å². The summed E-state index contributed by atoms with van der Waals surface area (Å²) < 4.78 is 4.74. The van der Waals surface area contributed by atoms with Gasteiger partial charge >= 0.3 is 0 Å². The zero-order chi connectivity index (χ0) is 19.4. The van der Waals surface area contributed by atoms with Crippen LogP contribution >= 0.6 is 11.3 Å². The number of rotatable bonds is 2. The third-order valence-electron chi connectivity index (χ3n) is 5.41. The Morgan fingerprint density at radius 1 is 0.793 bits per heavy atom. The lowest BCUT2D eigenvalue weighted by atomic mass is 10.1. The van der Waals surface area contributed by atoms with Gasteiger partial charge in [-0.3, -0.25) is 4.57 Å². The number of aryl methyl sites for hydroxylation is 1. The van der Waals surface area contributed by atoms with Crippen LogP contribution in [0.25, 0.3) is 48.4 Å². The van der Waals surface area contributed by atoms with Gasteiger partial charge < -0.3 is 0 Å². The van der Waals surface area contributed by atoms with Gasteiger partial charge in [-0.25, -0.2) is 9.97 Å². The third kappa shape index (κ3) is 2.43. The first-order valence-electron chi connectivity index (χ1n) is 9.61. The summed E-state index contributed by atoms with van der Waals surface area (Å²) in [5.41, 5.74) is 5.19. The summed E-state index contributed by atoms with van der Waals surface area (Å²) in [7, 11) is 0. The molecule has 3 aromatic carbocycles. The molecule has 6 rings (SSSR count). The Kier molecular flexibility index (Phi) is 3.55. The number of para-hydroxylation sites is 1. The van der Waals surface area contributed by atoms with E-state index in [4.69, 9.17) is 9.97 Å². The number of nitrogens with zero attached hydrogens (tertiary/aromatic N) is 3. The average Bonchev–Trinajstić information content (AvgIpc) is 3.34. The molecule has 0 bridgehead atoms. The van der Waals surface area contributed by atoms with Crippen LogP contribution in [0.3, 0.4) is 0 Å². The van der Waals surface area contributed by atoms with Gasteiger partial charge in [-0.2, -0.15) is 0 Å². The SMILES string of the molecule is Cc1ccnc2c1nc(-c1cccc3c1sc1ccccc13)n2-c1ccccc1. The predicted molar refractivity (Wildman–Crippen MR) is 122 cm³/mol. The van der Waals surface area contributed by atoms with Gasteiger partial charge in [-0.05, 0) is 42.8 Å². The number of fused-ring (bicyclic) bond motifs is 4. The molecule has 0 saturated carbocycles. The van der Waals surface area contributed by atoms with Gasteiger partial charge in [0.05, 0.1) is 0 Å². The van der Waals surface area contributed by atoms with Crippen LogP contribution < -0.4 is 0 Å². The minimum atomic E-state index is 0.893. The zero-order valence-corrected chi connectivity index (χ0v) is 16.6. The number of hydrogen-bond donors (Lipinski definition) is 0. The van der Waals surface area contributed by atoms with Gasteiger partial charge in [0.1, 0.15) is 11.3 Å². The molecule has 138 valence electrons. The lowest BCUT2D eigenvalue weighted by molar-refractivity contribution is 1.08. The van der Waals surface area contributed by atoms with E-state index in [0.29, 0.717) is 0 Å². The summed E-state index contributed by atoms with van der Waals surface area (Å²) in [5.74, 6) is 0.935. The standard InChI is InChI=1S/C25H17N3S/c1-16-14-15-26-25-22(16)27-24(28(25)17-8-3-2-4-9-17)20-12-7-11-19-18-10-5-6-13-21(18)29-23(19)20/h2-15H,1H3. The number of pyridine rings is 1. The van der Waals surface area contributed by atoms with Gasteiger partial charge in [-0.15, -0.1) is 11.3 Å². The van der Waals surface area contributed by atoms with Crippen molar-refractivity contribution in [1.29, 1.82) is 0 Å². The summed E-state index contributed by atoms with van der Waals surface area (Å²) in [6.45, 7) is 2.09. The minimum Gasteiger partial charge on any atom is -0.277 e. The molecule has 0 unspecified atom stereocenters.